The fraction of sp³-hybridized carbons (Fsp3) is 0.235. The highest BCUT2D eigenvalue weighted by molar-refractivity contribution is 8.00. The van der Waals surface area contributed by atoms with Crippen LogP contribution in [-0.4, -0.2) is 36.8 Å². The topological polar surface area (TPSA) is 102 Å². The molecular formula is C17H17ClN6O2S2. The zero-order chi connectivity index (χ0) is 20.1. The molecule has 0 aliphatic rings. The van der Waals surface area contributed by atoms with Gasteiger partial charge in [0.25, 0.3) is 0 Å². The van der Waals surface area contributed by atoms with Gasteiger partial charge in [-0.15, -0.1) is 21.5 Å². The third-order valence-electron chi connectivity index (χ3n) is 3.69. The molecule has 1 unspecified atom stereocenters. The van der Waals surface area contributed by atoms with Gasteiger partial charge in [0.05, 0.1) is 11.7 Å². The van der Waals surface area contributed by atoms with Crippen molar-refractivity contribution < 1.29 is 9.59 Å². The van der Waals surface area contributed by atoms with Crippen molar-refractivity contribution in [3.63, 3.8) is 0 Å². The summed E-state index contributed by atoms with van der Waals surface area (Å²) in [5.74, 6) is 0.107. The van der Waals surface area contributed by atoms with Crippen LogP contribution in [0.1, 0.15) is 12.7 Å². The molecule has 1 atom stereocenters. The number of halogens is 1. The fourth-order valence-corrected chi connectivity index (χ4v) is 3.68. The Hall–Kier alpha value is -2.43. The lowest BCUT2D eigenvalue weighted by atomic mass is 10.3. The van der Waals surface area contributed by atoms with Crippen molar-refractivity contribution in [3.05, 3.63) is 46.7 Å². The van der Waals surface area contributed by atoms with Crippen LogP contribution < -0.4 is 10.6 Å². The summed E-state index contributed by atoms with van der Waals surface area (Å²) >= 11 is 8.45. The highest BCUT2D eigenvalue weighted by Gasteiger charge is 2.20. The normalized spacial score (nSPS) is 11.8. The molecule has 0 fully saturated rings. The number of hydrogen-bond donors (Lipinski definition) is 2. The van der Waals surface area contributed by atoms with E-state index in [1.54, 1.807) is 54.4 Å². The summed E-state index contributed by atoms with van der Waals surface area (Å²) in [6.07, 6.45) is 1.69. The Morgan fingerprint density at radius 3 is 2.68 bits per heavy atom. The molecule has 3 rings (SSSR count). The largest absolute Gasteiger partial charge is 0.326 e. The van der Waals surface area contributed by atoms with Gasteiger partial charge in [-0.25, -0.2) is 4.98 Å². The predicted octanol–water partition coefficient (Wildman–Crippen LogP) is 3.23. The number of thioether (sulfide) groups is 1. The first-order valence-electron chi connectivity index (χ1n) is 8.23. The van der Waals surface area contributed by atoms with Crippen molar-refractivity contribution >= 4 is 57.3 Å². The van der Waals surface area contributed by atoms with Crippen molar-refractivity contribution in [2.75, 3.05) is 10.6 Å². The van der Waals surface area contributed by atoms with Gasteiger partial charge in [0, 0.05) is 29.3 Å². The second-order valence-electron chi connectivity index (χ2n) is 5.78. The van der Waals surface area contributed by atoms with Crippen molar-refractivity contribution in [2.45, 2.75) is 23.8 Å². The van der Waals surface area contributed by atoms with Crippen molar-refractivity contribution in [1.82, 2.24) is 19.7 Å². The molecule has 2 aromatic heterocycles. The number of carbonyl (C=O) groups is 2. The maximum atomic E-state index is 12.2. The molecule has 11 heteroatoms. The number of hydrogen-bond acceptors (Lipinski definition) is 7. The van der Waals surface area contributed by atoms with E-state index in [4.69, 9.17) is 11.6 Å². The molecule has 0 saturated heterocycles. The van der Waals surface area contributed by atoms with E-state index >= 15 is 0 Å². The zero-order valence-electron chi connectivity index (χ0n) is 15.0. The Bertz CT molecular complexity index is 959. The first-order valence-corrected chi connectivity index (χ1v) is 10.4. The van der Waals surface area contributed by atoms with Crippen LogP contribution >= 0.6 is 34.7 Å². The molecule has 1 aromatic carbocycles. The molecule has 0 aliphatic carbocycles. The standard InChI is InChI=1S/C17H17ClN6O2S2/c1-10(15(26)21-16-19-7-8-27-16)28-17-23-22-13(24(17)2)9-14(25)20-12-5-3-11(18)4-6-12/h3-8,10H,9H2,1-2H3,(H,20,25)(H,19,21,26). The van der Waals surface area contributed by atoms with Crippen LogP contribution in [0.25, 0.3) is 0 Å². The lowest BCUT2D eigenvalue weighted by molar-refractivity contribution is -0.116. The molecule has 0 aliphatic heterocycles. The minimum atomic E-state index is -0.400. The van der Waals surface area contributed by atoms with Crippen LogP contribution in [0.2, 0.25) is 5.02 Å². The predicted molar refractivity (Wildman–Crippen MR) is 111 cm³/mol. The highest BCUT2D eigenvalue weighted by atomic mass is 35.5. The number of thiazole rings is 1. The van der Waals surface area contributed by atoms with Crippen molar-refractivity contribution in [1.29, 1.82) is 0 Å². The molecule has 3 aromatic rings. The molecule has 28 heavy (non-hydrogen) atoms. The van der Waals surface area contributed by atoms with E-state index in [0.717, 1.165) is 0 Å². The summed E-state index contributed by atoms with van der Waals surface area (Å²) in [5, 5.41) is 16.8. The SMILES string of the molecule is CC(Sc1nnc(CC(=O)Nc2ccc(Cl)cc2)n1C)C(=O)Nc1nccs1. The Balaban J connectivity index is 1.57. The van der Waals surface area contributed by atoms with Gasteiger partial charge in [-0.2, -0.15) is 0 Å². The van der Waals surface area contributed by atoms with Gasteiger partial charge in [0.15, 0.2) is 10.3 Å². The molecule has 0 bridgehead atoms. The van der Waals surface area contributed by atoms with Gasteiger partial charge in [0.2, 0.25) is 11.8 Å². The van der Waals surface area contributed by atoms with Crippen molar-refractivity contribution in [3.8, 4) is 0 Å². The molecule has 2 N–H and O–H groups in total. The van der Waals surface area contributed by atoms with E-state index in [1.165, 1.54) is 23.1 Å². The number of benzene rings is 1. The quantitative estimate of drug-likeness (QED) is 0.551. The summed E-state index contributed by atoms with van der Waals surface area (Å²) in [7, 11) is 1.76. The molecule has 2 amide bonds. The van der Waals surface area contributed by atoms with E-state index in [9.17, 15) is 9.59 Å². The van der Waals surface area contributed by atoms with Gasteiger partial charge >= 0.3 is 0 Å². The Kier molecular flexibility index (Phi) is 6.65. The number of carbonyl (C=O) groups excluding carboxylic acids is 2. The maximum absolute atomic E-state index is 12.2. The van der Waals surface area contributed by atoms with Crippen LogP contribution in [0.5, 0.6) is 0 Å². The Labute approximate surface area is 174 Å². The van der Waals surface area contributed by atoms with Crippen LogP contribution in [0.3, 0.4) is 0 Å². The monoisotopic (exact) mass is 436 g/mol. The van der Waals surface area contributed by atoms with Crippen molar-refractivity contribution in [2.24, 2.45) is 7.05 Å². The van der Waals surface area contributed by atoms with Gasteiger partial charge in [-0.1, -0.05) is 23.4 Å². The molecule has 8 nitrogen and oxygen atoms in total. The third kappa shape index (κ3) is 5.31. The molecule has 2 heterocycles. The van der Waals surface area contributed by atoms with Gasteiger partial charge in [-0.05, 0) is 31.2 Å². The first-order chi connectivity index (χ1) is 13.4. The number of nitrogens with one attached hydrogen (secondary N) is 2. The first kappa shape index (κ1) is 20.3. The van der Waals surface area contributed by atoms with E-state index in [1.807, 2.05) is 0 Å². The second kappa shape index (κ2) is 9.18. The van der Waals surface area contributed by atoms with Crippen LogP contribution in [-0.2, 0) is 23.1 Å². The maximum Gasteiger partial charge on any atom is 0.239 e. The molecule has 146 valence electrons. The van der Waals surface area contributed by atoms with Gasteiger partial charge in [-0.3, -0.25) is 9.59 Å². The fourth-order valence-electron chi connectivity index (χ4n) is 2.19. The summed E-state index contributed by atoms with van der Waals surface area (Å²) in [5.41, 5.74) is 0.652. The lowest BCUT2D eigenvalue weighted by Crippen LogP contribution is -2.22. The number of anilines is 2. The smallest absolute Gasteiger partial charge is 0.239 e. The minimum Gasteiger partial charge on any atom is -0.326 e. The number of amides is 2. The Morgan fingerprint density at radius 2 is 2.00 bits per heavy atom. The molecule has 0 saturated carbocycles. The average molecular weight is 437 g/mol. The van der Waals surface area contributed by atoms with Gasteiger partial charge < -0.3 is 15.2 Å². The molecule has 0 spiro atoms. The van der Waals surface area contributed by atoms with E-state index in [2.05, 4.69) is 25.8 Å². The summed E-state index contributed by atoms with van der Waals surface area (Å²) < 4.78 is 1.71. The molecule has 0 radical (unpaired) electrons. The average Bonchev–Trinajstić information content (AvgIpc) is 3.29. The van der Waals surface area contributed by atoms with E-state index in [-0.39, 0.29) is 18.2 Å². The summed E-state index contributed by atoms with van der Waals surface area (Å²) in [6.45, 7) is 1.77. The van der Waals surface area contributed by atoms with Crippen LogP contribution in [0.4, 0.5) is 10.8 Å². The summed E-state index contributed by atoms with van der Waals surface area (Å²) in [6, 6.07) is 6.85. The number of rotatable bonds is 7. The highest BCUT2D eigenvalue weighted by Crippen LogP contribution is 2.23. The number of aromatic nitrogens is 4. The van der Waals surface area contributed by atoms with Crippen LogP contribution in [0.15, 0.2) is 41.0 Å². The molecular weight excluding hydrogens is 420 g/mol. The lowest BCUT2D eigenvalue weighted by Gasteiger charge is -2.10. The number of nitrogens with zero attached hydrogens (tertiary/aromatic N) is 4. The second-order valence-corrected chi connectivity index (χ2v) is 8.42. The van der Waals surface area contributed by atoms with Crippen LogP contribution in [0, 0.1) is 0 Å². The van der Waals surface area contributed by atoms with E-state index < -0.39 is 5.25 Å². The van der Waals surface area contributed by atoms with E-state index in [0.29, 0.717) is 26.8 Å². The summed E-state index contributed by atoms with van der Waals surface area (Å²) in [4.78, 5) is 28.5. The van der Waals surface area contributed by atoms with Gasteiger partial charge in [0.1, 0.15) is 5.82 Å². The minimum absolute atomic E-state index is 0.0619. The third-order valence-corrected chi connectivity index (χ3v) is 5.76. The Morgan fingerprint density at radius 1 is 1.25 bits per heavy atom. The zero-order valence-corrected chi connectivity index (χ0v) is 17.4.